The molecule has 136 valence electrons. The van der Waals surface area contributed by atoms with Crippen LogP contribution in [0.4, 0.5) is 11.4 Å². The van der Waals surface area contributed by atoms with Gasteiger partial charge in [0.15, 0.2) is 0 Å². The van der Waals surface area contributed by atoms with E-state index in [1.165, 1.54) is 23.1 Å². The van der Waals surface area contributed by atoms with E-state index in [1.54, 1.807) is 6.07 Å². The summed E-state index contributed by atoms with van der Waals surface area (Å²) >= 11 is 0. The number of hydrogen-bond donors (Lipinski definition) is 1. The summed E-state index contributed by atoms with van der Waals surface area (Å²) in [5.74, 6) is -1.13. The average molecular weight is 357 g/mol. The van der Waals surface area contributed by atoms with E-state index >= 15 is 0 Å². The highest BCUT2D eigenvalue weighted by Gasteiger charge is 2.46. The predicted molar refractivity (Wildman–Crippen MR) is 93.0 cm³/mol. The lowest BCUT2D eigenvalue weighted by atomic mass is 9.85. The zero-order valence-electron chi connectivity index (χ0n) is 14.1. The van der Waals surface area contributed by atoms with Crippen molar-refractivity contribution in [2.24, 2.45) is 11.8 Å². The molecule has 8 nitrogen and oxygen atoms in total. The summed E-state index contributed by atoms with van der Waals surface area (Å²) in [6.07, 6.45) is 5.53. The van der Waals surface area contributed by atoms with Gasteiger partial charge in [-0.05, 0) is 25.3 Å². The molecule has 0 aromatic heterocycles. The van der Waals surface area contributed by atoms with Crippen LogP contribution in [0.3, 0.4) is 0 Å². The minimum Gasteiger partial charge on any atom is -0.326 e. The first kappa shape index (κ1) is 17.8. The Labute approximate surface area is 150 Å². The van der Waals surface area contributed by atoms with Crippen LogP contribution >= 0.6 is 0 Å². The molecule has 1 saturated heterocycles. The van der Waals surface area contributed by atoms with Gasteiger partial charge in [0.2, 0.25) is 17.7 Å². The van der Waals surface area contributed by atoms with Crippen LogP contribution in [0.15, 0.2) is 36.4 Å². The third kappa shape index (κ3) is 3.63. The second-order valence-electron chi connectivity index (χ2n) is 6.44. The topological polar surface area (TPSA) is 110 Å². The van der Waals surface area contributed by atoms with E-state index < -0.39 is 4.92 Å². The molecule has 1 N–H and O–H groups in total. The maximum absolute atomic E-state index is 12.3. The Balaban J connectivity index is 1.50. The van der Waals surface area contributed by atoms with Crippen molar-refractivity contribution in [3.05, 3.63) is 46.5 Å². The molecule has 2 atom stereocenters. The first-order chi connectivity index (χ1) is 12.5. The standard InChI is InChI=1S/C18H19N3O5/c22-16(19-12-5-3-6-13(11-12)21(25)26)9-4-10-20-17(23)14-7-1-2-8-15(14)18(20)24/h1-3,5-6,11,14-15H,4,7-10H2,(H,19,22)/t14-,15+. The van der Waals surface area contributed by atoms with Gasteiger partial charge in [-0.1, -0.05) is 18.2 Å². The molecule has 1 aliphatic heterocycles. The van der Waals surface area contributed by atoms with E-state index in [9.17, 15) is 24.5 Å². The monoisotopic (exact) mass is 357 g/mol. The van der Waals surface area contributed by atoms with Gasteiger partial charge in [0.05, 0.1) is 16.8 Å². The number of anilines is 1. The van der Waals surface area contributed by atoms with Crippen molar-refractivity contribution in [3.8, 4) is 0 Å². The quantitative estimate of drug-likeness (QED) is 0.363. The van der Waals surface area contributed by atoms with E-state index in [4.69, 9.17) is 0 Å². The van der Waals surface area contributed by atoms with Gasteiger partial charge >= 0.3 is 0 Å². The molecule has 26 heavy (non-hydrogen) atoms. The van der Waals surface area contributed by atoms with Crippen LogP contribution in [0.5, 0.6) is 0 Å². The van der Waals surface area contributed by atoms with Crippen molar-refractivity contribution in [3.63, 3.8) is 0 Å². The van der Waals surface area contributed by atoms with Gasteiger partial charge in [-0.2, -0.15) is 0 Å². The molecule has 1 aromatic rings. The van der Waals surface area contributed by atoms with Crippen molar-refractivity contribution >= 4 is 29.1 Å². The second kappa shape index (κ2) is 7.47. The number of nitrogens with zero attached hydrogens (tertiary/aromatic N) is 2. The Morgan fingerprint density at radius 3 is 2.46 bits per heavy atom. The molecule has 1 aromatic carbocycles. The van der Waals surface area contributed by atoms with Gasteiger partial charge in [-0.3, -0.25) is 29.4 Å². The van der Waals surface area contributed by atoms with E-state index in [0.717, 1.165) is 0 Å². The lowest BCUT2D eigenvalue weighted by Crippen LogP contribution is -2.32. The van der Waals surface area contributed by atoms with Crippen LogP contribution < -0.4 is 5.32 Å². The van der Waals surface area contributed by atoms with Crippen LogP contribution in [0.25, 0.3) is 0 Å². The van der Waals surface area contributed by atoms with Crippen LogP contribution in [0.1, 0.15) is 25.7 Å². The van der Waals surface area contributed by atoms with Gasteiger partial charge in [0.1, 0.15) is 0 Å². The molecule has 3 amide bonds. The normalized spacial score (nSPS) is 21.6. The Morgan fingerprint density at radius 2 is 1.85 bits per heavy atom. The molecule has 0 bridgehead atoms. The highest BCUT2D eigenvalue weighted by atomic mass is 16.6. The number of hydrogen-bond acceptors (Lipinski definition) is 5. The summed E-state index contributed by atoms with van der Waals surface area (Å²) < 4.78 is 0. The predicted octanol–water partition coefficient (Wildman–Crippen LogP) is 2.26. The van der Waals surface area contributed by atoms with Gasteiger partial charge in [-0.15, -0.1) is 0 Å². The number of imide groups is 1. The lowest BCUT2D eigenvalue weighted by molar-refractivity contribution is -0.384. The Hall–Kier alpha value is -3.03. The Bertz CT molecular complexity index is 763. The maximum atomic E-state index is 12.3. The molecular weight excluding hydrogens is 338 g/mol. The summed E-state index contributed by atoms with van der Waals surface area (Å²) in [6.45, 7) is 0.215. The van der Waals surface area contributed by atoms with Crippen LogP contribution in [0, 0.1) is 22.0 Å². The van der Waals surface area contributed by atoms with Crippen molar-refractivity contribution in [1.82, 2.24) is 4.90 Å². The first-order valence-corrected chi connectivity index (χ1v) is 8.52. The molecule has 0 spiro atoms. The van der Waals surface area contributed by atoms with Crippen LogP contribution in [-0.4, -0.2) is 34.1 Å². The average Bonchev–Trinajstić information content (AvgIpc) is 2.87. The number of benzene rings is 1. The zero-order valence-corrected chi connectivity index (χ0v) is 14.1. The number of amides is 3. The van der Waals surface area contributed by atoms with Crippen molar-refractivity contribution in [2.75, 3.05) is 11.9 Å². The van der Waals surface area contributed by atoms with Crippen LogP contribution in [0.2, 0.25) is 0 Å². The number of allylic oxidation sites excluding steroid dienone is 2. The third-order valence-electron chi connectivity index (χ3n) is 4.73. The molecule has 8 heteroatoms. The Kier molecular flexibility index (Phi) is 5.11. The maximum Gasteiger partial charge on any atom is 0.271 e. The van der Waals surface area contributed by atoms with Crippen LogP contribution in [-0.2, 0) is 14.4 Å². The van der Waals surface area contributed by atoms with E-state index in [0.29, 0.717) is 24.9 Å². The van der Waals surface area contributed by atoms with Gasteiger partial charge in [-0.25, -0.2) is 0 Å². The number of rotatable bonds is 6. The number of fused-ring (bicyclic) bond motifs is 1. The van der Waals surface area contributed by atoms with Crippen molar-refractivity contribution in [2.45, 2.75) is 25.7 Å². The van der Waals surface area contributed by atoms with E-state index in [1.807, 2.05) is 12.2 Å². The van der Waals surface area contributed by atoms with E-state index in [2.05, 4.69) is 5.32 Å². The summed E-state index contributed by atoms with van der Waals surface area (Å²) in [5.41, 5.74) is 0.238. The smallest absolute Gasteiger partial charge is 0.271 e. The lowest BCUT2D eigenvalue weighted by Gasteiger charge is -2.14. The number of nitro benzene ring substituents is 1. The number of nitrogens with one attached hydrogen (secondary N) is 1. The van der Waals surface area contributed by atoms with Crippen molar-refractivity contribution < 1.29 is 19.3 Å². The number of carbonyl (C=O) groups excluding carboxylic acids is 3. The fraction of sp³-hybridized carbons (Fsp3) is 0.389. The molecule has 1 fully saturated rings. The van der Waals surface area contributed by atoms with Gasteiger partial charge < -0.3 is 5.32 Å². The largest absolute Gasteiger partial charge is 0.326 e. The van der Waals surface area contributed by atoms with Gasteiger partial charge in [0.25, 0.3) is 5.69 Å². The summed E-state index contributed by atoms with van der Waals surface area (Å²) in [7, 11) is 0. The number of nitro groups is 1. The number of carbonyl (C=O) groups is 3. The molecule has 0 unspecified atom stereocenters. The fourth-order valence-electron chi connectivity index (χ4n) is 3.41. The molecule has 0 radical (unpaired) electrons. The van der Waals surface area contributed by atoms with E-state index in [-0.39, 0.29) is 48.2 Å². The summed E-state index contributed by atoms with van der Waals surface area (Å²) in [6, 6.07) is 5.68. The molecule has 1 heterocycles. The molecule has 0 saturated carbocycles. The van der Waals surface area contributed by atoms with Crippen molar-refractivity contribution in [1.29, 1.82) is 0 Å². The number of non-ortho nitro benzene ring substituents is 1. The third-order valence-corrected chi connectivity index (χ3v) is 4.73. The summed E-state index contributed by atoms with van der Waals surface area (Å²) in [4.78, 5) is 48.1. The summed E-state index contributed by atoms with van der Waals surface area (Å²) in [5, 5.41) is 13.3. The zero-order chi connectivity index (χ0) is 18.7. The number of likely N-dealkylation sites (tertiary alicyclic amines) is 1. The molecule has 1 aliphatic carbocycles. The molecular formula is C18H19N3O5. The SMILES string of the molecule is O=C(CCCN1C(=O)[C@H]2CC=CC[C@H]2C1=O)Nc1cccc([N+](=O)[O-])c1. The minimum atomic E-state index is -0.533. The second-order valence-corrected chi connectivity index (χ2v) is 6.44. The minimum absolute atomic E-state index is 0.104. The first-order valence-electron chi connectivity index (χ1n) is 8.52. The Morgan fingerprint density at radius 1 is 1.19 bits per heavy atom. The highest BCUT2D eigenvalue weighted by molar-refractivity contribution is 6.05. The molecule has 2 aliphatic rings. The molecule has 3 rings (SSSR count). The highest BCUT2D eigenvalue weighted by Crippen LogP contribution is 2.35. The van der Waals surface area contributed by atoms with Gasteiger partial charge in [0, 0.05) is 30.8 Å². The fourth-order valence-corrected chi connectivity index (χ4v) is 3.41.